The molecule has 2 aromatic rings. The number of carbonyl (C=O) groups is 1. The standard InChI is InChI=1S/C12H12BrFN4O/c13-11-2-1-9(14)3-8(11)4-16-12(19)7-18-6-10(15)5-17-18/h1-3,5-6H,4,7,15H2,(H,16,19). The van der Waals surface area contributed by atoms with Crippen molar-refractivity contribution < 1.29 is 9.18 Å². The minimum Gasteiger partial charge on any atom is -0.396 e. The summed E-state index contributed by atoms with van der Waals surface area (Å²) in [4.78, 5) is 11.7. The predicted octanol–water partition coefficient (Wildman–Crippen LogP) is 1.68. The van der Waals surface area contributed by atoms with Crippen molar-refractivity contribution in [2.24, 2.45) is 0 Å². The quantitative estimate of drug-likeness (QED) is 0.897. The highest BCUT2D eigenvalue weighted by molar-refractivity contribution is 9.10. The molecule has 0 saturated heterocycles. The van der Waals surface area contributed by atoms with E-state index >= 15 is 0 Å². The number of carbonyl (C=O) groups excluding carboxylic acids is 1. The molecule has 19 heavy (non-hydrogen) atoms. The van der Waals surface area contributed by atoms with Gasteiger partial charge in [0.1, 0.15) is 12.4 Å². The van der Waals surface area contributed by atoms with Crippen LogP contribution in [-0.2, 0) is 17.9 Å². The number of nitrogen functional groups attached to an aromatic ring is 1. The van der Waals surface area contributed by atoms with Crippen LogP contribution in [-0.4, -0.2) is 15.7 Å². The summed E-state index contributed by atoms with van der Waals surface area (Å²) < 4.78 is 15.2. The van der Waals surface area contributed by atoms with Crippen molar-refractivity contribution in [3.63, 3.8) is 0 Å². The van der Waals surface area contributed by atoms with E-state index in [1.807, 2.05) is 0 Å². The zero-order chi connectivity index (χ0) is 13.8. The molecule has 0 aliphatic carbocycles. The summed E-state index contributed by atoms with van der Waals surface area (Å²) in [5.41, 5.74) is 6.67. The van der Waals surface area contributed by atoms with E-state index in [4.69, 9.17) is 5.73 Å². The Labute approximate surface area is 117 Å². The number of nitrogens with one attached hydrogen (secondary N) is 1. The molecule has 0 aliphatic heterocycles. The molecule has 0 atom stereocenters. The van der Waals surface area contributed by atoms with Gasteiger partial charge in [-0.15, -0.1) is 0 Å². The second kappa shape index (κ2) is 5.83. The first-order chi connectivity index (χ1) is 9.04. The average molecular weight is 327 g/mol. The number of anilines is 1. The molecular formula is C12H12BrFN4O. The van der Waals surface area contributed by atoms with Crippen molar-refractivity contribution in [1.29, 1.82) is 0 Å². The Balaban J connectivity index is 1.91. The molecule has 0 radical (unpaired) electrons. The summed E-state index contributed by atoms with van der Waals surface area (Å²) in [6.45, 7) is 0.318. The monoisotopic (exact) mass is 326 g/mol. The Hall–Kier alpha value is -1.89. The molecule has 0 spiro atoms. The number of nitrogens with two attached hydrogens (primary N) is 1. The van der Waals surface area contributed by atoms with Crippen LogP contribution in [0.15, 0.2) is 35.1 Å². The molecule has 1 heterocycles. The van der Waals surface area contributed by atoms with Gasteiger partial charge in [0.05, 0.1) is 11.9 Å². The molecule has 0 bridgehead atoms. The largest absolute Gasteiger partial charge is 0.396 e. The molecule has 3 N–H and O–H groups in total. The van der Waals surface area contributed by atoms with E-state index in [9.17, 15) is 9.18 Å². The van der Waals surface area contributed by atoms with Crippen molar-refractivity contribution in [2.75, 3.05) is 5.73 Å². The molecule has 100 valence electrons. The van der Waals surface area contributed by atoms with Crippen LogP contribution in [0.1, 0.15) is 5.56 Å². The Morgan fingerprint density at radius 2 is 2.32 bits per heavy atom. The maximum Gasteiger partial charge on any atom is 0.241 e. The lowest BCUT2D eigenvalue weighted by atomic mass is 10.2. The van der Waals surface area contributed by atoms with Crippen molar-refractivity contribution in [3.8, 4) is 0 Å². The minimum atomic E-state index is -0.340. The van der Waals surface area contributed by atoms with Gasteiger partial charge in [0, 0.05) is 17.2 Å². The number of hydrogen-bond donors (Lipinski definition) is 2. The SMILES string of the molecule is Nc1cnn(CC(=O)NCc2cc(F)ccc2Br)c1. The first-order valence-electron chi connectivity index (χ1n) is 5.53. The number of amides is 1. The third-order valence-corrected chi connectivity index (χ3v) is 3.22. The number of hydrogen-bond acceptors (Lipinski definition) is 3. The zero-order valence-corrected chi connectivity index (χ0v) is 11.5. The molecule has 5 nitrogen and oxygen atoms in total. The predicted molar refractivity (Wildman–Crippen MR) is 72.6 cm³/mol. The maximum atomic E-state index is 13.1. The summed E-state index contributed by atoms with van der Waals surface area (Å²) in [5.74, 6) is -0.563. The van der Waals surface area contributed by atoms with Crippen molar-refractivity contribution in [2.45, 2.75) is 13.1 Å². The Kier molecular flexibility index (Phi) is 4.16. The summed E-state index contributed by atoms with van der Waals surface area (Å²) in [6, 6.07) is 4.32. The summed E-state index contributed by atoms with van der Waals surface area (Å²) in [7, 11) is 0. The van der Waals surface area contributed by atoms with Crippen LogP contribution in [0.25, 0.3) is 0 Å². The fraction of sp³-hybridized carbons (Fsp3) is 0.167. The van der Waals surface area contributed by atoms with Gasteiger partial charge in [-0.3, -0.25) is 9.48 Å². The van der Waals surface area contributed by atoms with Crippen LogP contribution in [0.5, 0.6) is 0 Å². The summed E-state index contributed by atoms with van der Waals surface area (Å²) in [6.07, 6.45) is 3.04. The average Bonchev–Trinajstić information content (AvgIpc) is 2.76. The highest BCUT2D eigenvalue weighted by atomic mass is 79.9. The lowest BCUT2D eigenvalue weighted by Crippen LogP contribution is -2.27. The molecule has 1 amide bonds. The topological polar surface area (TPSA) is 72.9 Å². The molecule has 0 unspecified atom stereocenters. The number of benzene rings is 1. The number of nitrogens with zero attached hydrogens (tertiary/aromatic N) is 2. The molecule has 0 aliphatic rings. The Morgan fingerprint density at radius 3 is 3.00 bits per heavy atom. The lowest BCUT2D eigenvalue weighted by Gasteiger charge is -2.07. The molecule has 0 saturated carbocycles. The molecule has 1 aromatic carbocycles. The maximum absolute atomic E-state index is 13.1. The van der Waals surface area contributed by atoms with Gasteiger partial charge in [0.25, 0.3) is 0 Å². The van der Waals surface area contributed by atoms with Gasteiger partial charge in [0.2, 0.25) is 5.91 Å². The van der Waals surface area contributed by atoms with Gasteiger partial charge in [-0.05, 0) is 23.8 Å². The minimum absolute atomic E-state index is 0.0735. The number of rotatable bonds is 4. The van der Waals surface area contributed by atoms with Crippen molar-refractivity contribution in [1.82, 2.24) is 15.1 Å². The molecule has 0 fully saturated rings. The van der Waals surface area contributed by atoms with E-state index in [1.165, 1.54) is 23.0 Å². The normalized spacial score (nSPS) is 10.4. The van der Waals surface area contributed by atoms with Crippen LogP contribution in [0.2, 0.25) is 0 Å². The summed E-state index contributed by atoms with van der Waals surface area (Å²) in [5, 5.41) is 6.59. The lowest BCUT2D eigenvalue weighted by molar-refractivity contribution is -0.122. The Morgan fingerprint density at radius 1 is 1.53 bits per heavy atom. The zero-order valence-electron chi connectivity index (χ0n) is 9.94. The number of halogens is 2. The molecule has 1 aromatic heterocycles. The van der Waals surface area contributed by atoms with Gasteiger partial charge in [-0.2, -0.15) is 5.10 Å². The molecule has 2 rings (SSSR count). The van der Waals surface area contributed by atoms with Crippen molar-refractivity contribution in [3.05, 3.63) is 46.4 Å². The van der Waals surface area contributed by atoms with Gasteiger partial charge in [-0.25, -0.2) is 4.39 Å². The smallest absolute Gasteiger partial charge is 0.241 e. The van der Waals surface area contributed by atoms with E-state index in [-0.39, 0.29) is 24.8 Å². The first kappa shape index (κ1) is 13.5. The van der Waals surface area contributed by atoms with Crippen molar-refractivity contribution >= 4 is 27.5 Å². The Bertz CT molecular complexity index is 599. The fourth-order valence-electron chi connectivity index (χ4n) is 1.54. The molecular weight excluding hydrogens is 315 g/mol. The van der Waals surface area contributed by atoms with Gasteiger partial charge in [0.15, 0.2) is 0 Å². The first-order valence-corrected chi connectivity index (χ1v) is 6.32. The van der Waals surface area contributed by atoms with E-state index < -0.39 is 0 Å². The third kappa shape index (κ3) is 3.78. The van der Waals surface area contributed by atoms with Crippen LogP contribution in [0.4, 0.5) is 10.1 Å². The summed E-state index contributed by atoms with van der Waals surface area (Å²) >= 11 is 3.30. The number of aromatic nitrogens is 2. The van der Waals surface area contributed by atoms with Crippen LogP contribution in [0.3, 0.4) is 0 Å². The van der Waals surface area contributed by atoms with Gasteiger partial charge < -0.3 is 11.1 Å². The van der Waals surface area contributed by atoms with E-state index in [0.29, 0.717) is 11.3 Å². The highest BCUT2D eigenvalue weighted by Crippen LogP contribution is 2.17. The van der Waals surface area contributed by atoms with Gasteiger partial charge in [-0.1, -0.05) is 15.9 Å². The highest BCUT2D eigenvalue weighted by Gasteiger charge is 2.06. The van der Waals surface area contributed by atoms with Crippen LogP contribution < -0.4 is 11.1 Å². The van der Waals surface area contributed by atoms with E-state index in [0.717, 1.165) is 4.47 Å². The molecule has 7 heteroatoms. The third-order valence-electron chi connectivity index (χ3n) is 2.44. The van der Waals surface area contributed by atoms with Crippen LogP contribution >= 0.6 is 15.9 Å². The van der Waals surface area contributed by atoms with E-state index in [2.05, 4.69) is 26.3 Å². The second-order valence-electron chi connectivity index (χ2n) is 3.98. The fourth-order valence-corrected chi connectivity index (χ4v) is 1.93. The van der Waals surface area contributed by atoms with Gasteiger partial charge >= 0.3 is 0 Å². The van der Waals surface area contributed by atoms with Crippen LogP contribution in [0, 0.1) is 5.82 Å². The second-order valence-corrected chi connectivity index (χ2v) is 4.84. The van der Waals surface area contributed by atoms with E-state index in [1.54, 1.807) is 12.3 Å².